The summed E-state index contributed by atoms with van der Waals surface area (Å²) in [7, 11) is 1.76. The molecule has 0 saturated heterocycles. The van der Waals surface area contributed by atoms with Crippen LogP contribution in [0.2, 0.25) is 0 Å². The molecule has 26 heavy (non-hydrogen) atoms. The quantitative estimate of drug-likeness (QED) is 0.766. The molecule has 0 heterocycles. The Morgan fingerprint density at radius 2 is 1.62 bits per heavy atom. The average Bonchev–Trinajstić information content (AvgIpc) is 2.65. The van der Waals surface area contributed by atoms with Crippen molar-refractivity contribution in [1.29, 1.82) is 0 Å². The van der Waals surface area contributed by atoms with Gasteiger partial charge in [-0.3, -0.25) is 14.4 Å². The Hall–Kier alpha value is -2.95. The van der Waals surface area contributed by atoms with Gasteiger partial charge in [0, 0.05) is 36.0 Å². The fourth-order valence-corrected chi connectivity index (χ4v) is 2.53. The maximum Gasteiger partial charge on any atom is 0.255 e. The number of anilines is 1. The lowest BCUT2D eigenvalue weighted by atomic mass is 10.1. The third-order valence-electron chi connectivity index (χ3n) is 4.09. The Bertz CT molecular complexity index is 814. The summed E-state index contributed by atoms with van der Waals surface area (Å²) in [5.41, 5.74) is 1.95. The molecule has 2 aromatic rings. The molecule has 0 aromatic heterocycles. The van der Waals surface area contributed by atoms with E-state index in [1.807, 2.05) is 0 Å². The summed E-state index contributed by atoms with van der Waals surface area (Å²) in [5, 5.41) is 2.77. The van der Waals surface area contributed by atoms with Gasteiger partial charge >= 0.3 is 0 Å². The van der Waals surface area contributed by atoms with Gasteiger partial charge < -0.3 is 10.2 Å². The number of hydrogen-bond donors (Lipinski definition) is 1. The van der Waals surface area contributed by atoms with Gasteiger partial charge in [0.25, 0.3) is 11.8 Å². The molecule has 1 N–H and O–H groups in total. The predicted molar refractivity (Wildman–Crippen MR) is 103 cm³/mol. The molecule has 0 radical (unpaired) electrons. The van der Waals surface area contributed by atoms with Crippen molar-refractivity contribution in [2.24, 2.45) is 0 Å². The molecular formula is C21H24N2O3. The zero-order valence-corrected chi connectivity index (χ0v) is 15.4. The van der Waals surface area contributed by atoms with Crippen LogP contribution in [0.15, 0.2) is 48.5 Å². The maximum absolute atomic E-state index is 12.5. The smallest absolute Gasteiger partial charge is 0.255 e. The molecule has 0 fully saturated rings. The topological polar surface area (TPSA) is 66.5 Å². The Kier molecular flexibility index (Phi) is 6.67. The first-order chi connectivity index (χ1) is 12.4. The van der Waals surface area contributed by atoms with Crippen molar-refractivity contribution in [3.63, 3.8) is 0 Å². The number of carbonyl (C=O) groups excluding carboxylic acids is 3. The number of rotatable bonds is 7. The van der Waals surface area contributed by atoms with Crippen molar-refractivity contribution in [2.45, 2.75) is 26.7 Å². The third kappa shape index (κ3) is 5.02. The zero-order valence-electron chi connectivity index (χ0n) is 15.4. The largest absolute Gasteiger partial charge is 0.342 e. The number of nitrogens with zero attached hydrogens (tertiary/aromatic N) is 1. The van der Waals surface area contributed by atoms with E-state index in [1.54, 1.807) is 60.5 Å². The molecule has 2 aromatic carbocycles. The van der Waals surface area contributed by atoms with Gasteiger partial charge in [-0.1, -0.05) is 31.5 Å². The van der Waals surface area contributed by atoms with Gasteiger partial charge in [0.15, 0.2) is 5.78 Å². The number of amides is 2. The second-order valence-electron chi connectivity index (χ2n) is 6.25. The molecular weight excluding hydrogens is 328 g/mol. The van der Waals surface area contributed by atoms with E-state index in [1.165, 1.54) is 6.92 Å². The number of carbonyl (C=O) groups is 3. The SMILES string of the molecule is CCCCN(C)C(=O)c1cccc(C(=O)Nc2cccc(C(C)=O)c2)c1. The number of ketones is 1. The van der Waals surface area contributed by atoms with Crippen molar-refractivity contribution in [3.8, 4) is 0 Å². The van der Waals surface area contributed by atoms with E-state index in [9.17, 15) is 14.4 Å². The minimum Gasteiger partial charge on any atom is -0.342 e. The molecule has 0 aliphatic rings. The van der Waals surface area contributed by atoms with E-state index in [-0.39, 0.29) is 17.6 Å². The van der Waals surface area contributed by atoms with Crippen LogP contribution in [0.1, 0.15) is 57.8 Å². The average molecular weight is 352 g/mol. The van der Waals surface area contributed by atoms with E-state index in [0.717, 1.165) is 12.8 Å². The molecule has 136 valence electrons. The highest BCUT2D eigenvalue weighted by Gasteiger charge is 2.14. The number of Topliss-reactive ketones (excluding diaryl/α,β-unsaturated/α-hetero) is 1. The van der Waals surface area contributed by atoms with Gasteiger partial charge in [-0.25, -0.2) is 0 Å². The lowest BCUT2D eigenvalue weighted by molar-refractivity contribution is 0.0793. The number of benzene rings is 2. The highest BCUT2D eigenvalue weighted by molar-refractivity contribution is 6.06. The van der Waals surface area contributed by atoms with Gasteiger partial charge in [-0.05, 0) is 43.7 Å². The van der Waals surface area contributed by atoms with Crippen molar-refractivity contribution < 1.29 is 14.4 Å². The first-order valence-corrected chi connectivity index (χ1v) is 8.70. The normalized spacial score (nSPS) is 10.3. The molecule has 0 aliphatic heterocycles. The number of nitrogens with one attached hydrogen (secondary N) is 1. The minimum absolute atomic E-state index is 0.0659. The van der Waals surface area contributed by atoms with Crippen LogP contribution < -0.4 is 5.32 Å². The summed E-state index contributed by atoms with van der Waals surface area (Å²) >= 11 is 0. The fraction of sp³-hybridized carbons (Fsp3) is 0.286. The van der Waals surface area contributed by atoms with E-state index in [0.29, 0.717) is 28.9 Å². The van der Waals surface area contributed by atoms with Crippen LogP contribution in [0.4, 0.5) is 5.69 Å². The number of unbranched alkanes of at least 4 members (excludes halogenated alkanes) is 1. The van der Waals surface area contributed by atoms with Crippen LogP contribution in [0.25, 0.3) is 0 Å². The molecule has 2 amide bonds. The Morgan fingerprint density at radius 1 is 0.962 bits per heavy atom. The van der Waals surface area contributed by atoms with Gasteiger partial charge in [-0.2, -0.15) is 0 Å². The molecule has 5 heteroatoms. The van der Waals surface area contributed by atoms with Crippen molar-refractivity contribution >= 4 is 23.3 Å². The second kappa shape index (κ2) is 8.94. The van der Waals surface area contributed by atoms with Gasteiger partial charge in [-0.15, -0.1) is 0 Å². The summed E-state index contributed by atoms with van der Waals surface area (Å²) in [6, 6.07) is 13.4. The predicted octanol–water partition coefficient (Wildman–Crippen LogP) is 4.01. The first-order valence-electron chi connectivity index (χ1n) is 8.70. The summed E-state index contributed by atoms with van der Waals surface area (Å²) in [5.74, 6) is -0.493. The van der Waals surface area contributed by atoms with Crippen LogP contribution in [-0.2, 0) is 0 Å². The van der Waals surface area contributed by atoms with E-state index < -0.39 is 0 Å². The van der Waals surface area contributed by atoms with Gasteiger partial charge in [0.05, 0.1) is 0 Å². The molecule has 0 spiro atoms. The van der Waals surface area contributed by atoms with Crippen molar-refractivity contribution in [3.05, 3.63) is 65.2 Å². The lowest BCUT2D eigenvalue weighted by Gasteiger charge is -2.17. The lowest BCUT2D eigenvalue weighted by Crippen LogP contribution is -2.28. The van der Waals surface area contributed by atoms with E-state index in [2.05, 4.69) is 12.2 Å². The van der Waals surface area contributed by atoms with Crippen LogP contribution in [0.3, 0.4) is 0 Å². The van der Waals surface area contributed by atoms with Crippen LogP contribution in [0, 0.1) is 0 Å². The van der Waals surface area contributed by atoms with Gasteiger partial charge in [0.2, 0.25) is 0 Å². The molecule has 0 atom stereocenters. The second-order valence-corrected chi connectivity index (χ2v) is 6.25. The molecule has 0 saturated carbocycles. The molecule has 0 bridgehead atoms. The molecule has 0 unspecified atom stereocenters. The summed E-state index contributed by atoms with van der Waals surface area (Å²) in [6.45, 7) is 4.24. The Labute approximate surface area is 154 Å². The van der Waals surface area contributed by atoms with Crippen LogP contribution in [-0.4, -0.2) is 36.1 Å². The molecule has 2 rings (SSSR count). The standard InChI is InChI=1S/C21H24N2O3/c1-4-5-12-23(3)21(26)18-10-6-9-17(13-18)20(25)22-19-11-7-8-16(14-19)15(2)24/h6-11,13-14H,4-5,12H2,1-3H3,(H,22,25). The zero-order chi connectivity index (χ0) is 19.1. The van der Waals surface area contributed by atoms with E-state index >= 15 is 0 Å². The maximum atomic E-state index is 12.5. The highest BCUT2D eigenvalue weighted by atomic mass is 16.2. The van der Waals surface area contributed by atoms with E-state index in [4.69, 9.17) is 0 Å². The third-order valence-corrected chi connectivity index (χ3v) is 4.09. The Morgan fingerprint density at radius 3 is 2.31 bits per heavy atom. The summed E-state index contributed by atoms with van der Waals surface area (Å²) < 4.78 is 0. The van der Waals surface area contributed by atoms with Crippen molar-refractivity contribution in [2.75, 3.05) is 18.9 Å². The first kappa shape index (κ1) is 19.4. The Balaban J connectivity index is 2.14. The van der Waals surface area contributed by atoms with Crippen LogP contribution in [0.5, 0.6) is 0 Å². The van der Waals surface area contributed by atoms with Gasteiger partial charge in [0.1, 0.15) is 0 Å². The van der Waals surface area contributed by atoms with Crippen molar-refractivity contribution in [1.82, 2.24) is 4.90 Å². The monoisotopic (exact) mass is 352 g/mol. The highest BCUT2D eigenvalue weighted by Crippen LogP contribution is 2.14. The minimum atomic E-state index is -0.323. The molecule has 0 aliphatic carbocycles. The fourth-order valence-electron chi connectivity index (χ4n) is 2.53. The summed E-state index contributed by atoms with van der Waals surface area (Å²) in [6.07, 6.45) is 1.95. The number of hydrogen-bond acceptors (Lipinski definition) is 3. The molecule has 5 nitrogen and oxygen atoms in total. The summed E-state index contributed by atoms with van der Waals surface area (Å²) in [4.78, 5) is 38.1. The van der Waals surface area contributed by atoms with Crippen LogP contribution >= 0.6 is 0 Å².